The van der Waals surface area contributed by atoms with Gasteiger partial charge in [0.2, 0.25) is 0 Å². The summed E-state index contributed by atoms with van der Waals surface area (Å²) in [6, 6.07) is 15.0. The van der Waals surface area contributed by atoms with Crippen LogP contribution in [-0.2, 0) is 6.42 Å². The lowest BCUT2D eigenvalue weighted by Gasteiger charge is -2.28. The summed E-state index contributed by atoms with van der Waals surface area (Å²) in [6.45, 7) is 1.09. The molecule has 142 valence electrons. The molecule has 0 aliphatic carbocycles. The summed E-state index contributed by atoms with van der Waals surface area (Å²) in [7, 11) is 5.50. The van der Waals surface area contributed by atoms with Gasteiger partial charge in [-0.3, -0.25) is 0 Å². The molecule has 0 bridgehead atoms. The molecule has 4 nitrogen and oxygen atoms in total. The third kappa shape index (κ3) is 2.52. The maximum Gasteiger partial charge on any atom is 0.161 e. The maximum absolute atomic E-state index is 5.93. The van der Waals surface area contributed by atoms with E-state index < -0.39 is 0 Å². The zero-order valence-electron chi connectivity index (χ0n) is 16.4. The molecule has 28 heavy (non-hydrogen) atoms. The Kier molecular flexibility index (Phi) is 3.93. The minimum atomic E-state index is 0.720. The Bertz CT molecular complexity index is 1190. The Morgan fingerprint density at radius 3 is 2.57 bits per heavy atom. The molecule has 4 heteroatoms. The summed E-state index contributed by atoms with van der Waals surface area (Å²) in [5.74, 6) is 1.45. The second-order valence-electron chi connectivity index (χ2n) is 7.39. The summed E-state index contributed by atoms with van der Waals surface area (Å²) in [6.07, 6.45) is 4.10. The van der Waals surface area contributed by atoms with Gasteiger partial charge in [-0.05, 0) is 65.1 Å². The molecule has 0 saturated carbocycles. The van der Waals surface area contributed by atoms with Crippen molar-refractivity contribution in [2.75, 3.05) is 32.7 Å². The van der Waals surface area contributed by atoms with Crippen LogP contribution in [0, 0.1) is 0 Å². The van der Waals surface area contributed by atoms with E-state index in [1.807, 2.05) is 12.1 Å². The highest BCUT2D eigenvalue weighted by molar-refractivity contribution is 6.11. The van der Waals surface area contributed by atoms with E-state index in [0.717, 1.165) is 57.3 Å². The molecular weight excluding hydrogens is 350 g/mol. The Morgan fingerprint density at radius 2 is 1.75 bits per heavy atom. The lowest BCUT2D eigenvalue weighted by atomic mass is 9.92. The summed E-state index contributed by atoms with van der Waals surface area (Å²) in [5.41, 5.74) is 5.87. The first-order valence-electron chi connectivity index (χ1n) is 9.60. The summed E-state index contributed by atoms with van der Waals surface area (Å²) in [4.78, 5) is 2.34. The number of aryl methyl sites for hydroxylation is 1. The SMILES string of the molecule is COc1cc2cc3ccoc3c(-c3ccc4c(c3)N(C)CCC4)c2cc1OC. The Morgan fingerprint density at radius 1 is 0.929 bits per heavy atom. The van der Waals surface area contributed by atoms with Crippen LogP contribution in [0.2, 0.25) is 0 Å². The van der Waals surface area contributed by atoms with Crippen LogP contribution >= 0.6 is 0 Å². The van der Waals surface area contributed by atoms with Gasteiger partial charge < -0.3 is 18.8 Å². The van der Waals surface area contributed by atoms with Crippen molar-refractivity contribution in [2.45, 2.75) is 12.8 Å². The van der Waals surface area contributed by atoms with Gasteiger partial charge in [0.15, 0.2) is 11.5 Å². The molecule has 4 aromatic rings. The van der Waals surface area contributed by atoms with Crippen LogP contribution in [0.25, 0.3) is 32.9 Å². The third-order valence-electron chi connectivity index (χ3n) is 5.78. The smallest absolute Gasteiger partial charge is 0.161 e. The average Bonchev–Trinajstić information content (AvgIpc) is 3.19. The summed E-state index contributed by atoms with van der Waals surface area (Å²) < 4.78 is 17.0. The number of fused-ring (bicyclic) bond motifs is 3. The number of anilines is 1. The zero-order valence-corrected chi connectivity index (χ0v) is 16.4. The lowest BCUT2D eigenvalue weighted by Crippen LogP contribution is -2.24. The topological polar surface area (TPSA) is 34.8 Å². The van der Waals surface area contributed by atoms with Crippen molar-refractivity contribution in [1.29, 1.82) is 0 Å². The van der Waals surface area contributed by atoms with Gasteiger partial charge in [-0.2, -0.15) is 0 Å². The number of ether oxygens (including phenoxy) is 2. The van der Waals surface area contributed by atoms with Gasteiger partial charge in [0, 0.05) is 30.2 Å². The van der Waals surface area contributed by atoms with Crippen molar-refractivity contribution in [3.63, 3.8) is 0 Å². The van der Waals surface area contributed by atoms with E-state index in [1.54, 1.807) is 20.5 Å². The number of nitrogens with zero attached hydrogens (tertiary/aromatic N) is 1. The molecule has 0 N–H and O–H groups in total. The van der Waals surface area contributed by atoms with Crippen molar-refractivity contribution in [3.05, 3.63) is 54.3 Å². The van der Waals surface area contributed by atoms with Gasteiger partial charge in [0.25, 0.3) is 0 Å². The Hall–Kier alpha value is -3.14. The van der Waals surface area contributed by atoms with E-state index in [4.69, 9.17) is 13.9 Å². The zero-order chi connectivity index (χ0) is 19.3. The normalized spacial score (nSPS) is 13.8. The van der Waals surface area contributed by atoms with Crippen LogP contribution in [0.4, 0.5) is 5.69 Å². The Labute approximate surface area is 164 Å². The van der Waals surface area contributed by atoms with Crippen LogP contribution in [0.5, 0.6) is 11.5 Å². The maximum atomic E-state index is 5.93. The van der Waals surface area contributed by atoms with Gasteiger partial charge in [-0.25, -0.2) is 0 Å². The van der Waals surface area contributed by atoms with Gasteiger partial charge in [-0.1, -0.05) is 12.1 Å². The Balaban J connectivity index is 1.84. The summed E-state index contributed by atoms with van der Waals surface area (Å²) in [5, 5.41) is 3.28. The summed E-state index contributed by atoms with van der Waals surface area (Å²) >= 11 is 0. The predicted octanol–water partition coefficient (Wildman–Crippen LogP) is 5.65. The van der Waals surface area contributed by atoms with Crippen molar-refractivity contribution in [3.8, 4) is 22.6 Å². The molecule has 1 aromatic heterocycles. The number of furan rings is 1. The first kappa shape index (κ1) is 17.0. The van der Waals surface area contributed by atoms with Gasteiger partial charge in [-0.15, -0.1) is 0 Å². The first-order chi connectivity index (χ1) is 13.7. The quantitative estimate of drug-likeness (QED) is 0.465. The first-order valence-corrected chi connectivity index (χ1v) is 9.60. The van der Waals surface area contributed by atoms with Gasteiger partial charge in [0.1, 0.15) is 5.58 Å². The van der Waals surface area contributed by atoms with E-state index in [2.05, 4.69) is 42.3 Å². The fourth-order valence-electron chi connectivity index (χ4n) is 4.36. The monoisotopic (exact) mass is 373 g/mol. The van der Waals surface area contributed by atoms with Crippen LogP contribution in [0.3, 0.4) is 0 Å². The highest BCUT2D eigenvalue weighted by Gasteiger charge is 2.19. The molecule has 0 radical (unpaired) electrons. The molecule has 1 aliphatic heterocycles. The second kappa shape index (κ2) is 6.48. The fourth-order valence-corrected chi connectivity index (χ4v) is 4.36. The van der Waals surface area contributed by atoms with Gasteiger partial charge >= 0.3 is 0 Å². The van der Waals surface area contributed by atoms with E-state index in [1.165, 1.54) is 17.7 Å². The number of benzene rings is 3. The minimum absolute atomic E-state index is 0.720. The minimum Gasteiger partial charge on any atom is -0.493 e. The third-order valence-corrected chi connectivity index (χ3v) is 5.78. The van der Waals surface area contributed by atoms with Crippen molar-refractivity contribution in [1.82, 2.24) is 0 Å². The van der Waals surface area contributed by atoms with E-state index in [-0.39, 0.29) is 0 Å². The predicted molar refractivity (Wildman–Crippen MR) is 114 cm³/mol. The van der Waals surface area contributed by atoms with Crippen LogP contribution in [-0.4, -0.2) is 27.8 Å². The molecule has 1 aliphatic rings. The van der Waals surface area contributed by atoms with E-state index >= 15 is 0 Å². The standard InChI is InChI=1S/C24H23NO3/c1-25-9-4-5-15-6-7-16(12-20(15)25)23-19-14-22(27-3)21(26-2)13-18(19)11-17-8-10-28-24(17)23/h6-8,10-14H,4-5,9H2,1-3H3. The largest absolute Gasteiger partial charge is 0.493 e. The number of hydrogen-bond donors (Lipinski definition) is 0. The van der Waals surface area contributed by atoms with Crippen molar-refractivity contribution < 1.29 is 13.9 Å². The molecule has 0 amide bonds. The number of methoxy groups -OCH3 is 2. The second-order valence-corrected chi connectivity index (χ2v) is 7.39. The number of rotatable bonds is 3. The van der Waals surface area contributed by atoms with Crippen molar-refractivity contribution >= 4 is 27.4 Å². The molecule has 0 atom stereocenters. The van der Waals surface area contributed by atoms with E-state index in [9.17, 15) is 0 Å². The van der Waals surface area contributed by atoms with Crippen LogP contribution in [0.1, 0.15) is 12.0 Å². The number of hydrogen-bond acceptors (Lipinski definition) is 4. The molecule has 0 spiro atoms. The highest BCUT2D eigenvalue weighted by Crippen LogP contribution is 2.43. The molecule has 0 fully saturated rings. The van der Waals surface area contributed by atoms with E-state index in [0.29, 0.717) is 0 Å². The van der Waals surface area contributed by atoms with Crippen LogP contribution < -0.4 is 14.4 Å². The molecular formula is C24H23NO3. The average molecular weight is 373 g/mol. The van der Waals surface area contributed by atoms with Crippen molar-refractivity contribution in [2.24, 2.45) is 0 Å². The molecule has 0 saturated heterocycles. The molecule has 0 unspecified atom stereocenters. The fraction of sp³-hybridized carbons (Fsp3) is 0.250. The van der Waals surface area contributed by atoms with Gasteiger partial charge in [0.05, 0.1) is 20.5 Å². The highest BCUT2D eigenvalue weighted by atomic mass is 16.5. The molecule has 3 aromatic carbocycles. The molecule has 5 rings (SSSR count). The van der Waals surface area contributed by atoms with Crippen LogP contribution in [0.15, 0.2) is 53.1 Å². The lowest BCUT2D eigenvalue weighted by molar-refractivity contribution is 0.356. The molecule has 2 heterocycles.